The lowest BCUT2D eigenvalue weighted by atomic mass is 10.1. The normalized spacial score (nSPS) is 23.6. The molecule has 124 valence electrons. The van der Waals surface area contributed by atoms with Crippen molar-refractivity contribution in [2.24, 2.45) is 23.5 Å². The van der Waals surface area contributed by atoms with Crippen molar-refractivity contribution in [3.05, 3.63) is 30.3 Å². The maximum atomic E-state index is 11.7. The SMILES string of the molecule is NC(C(=O)O)C1C(CCNC(=O)Nc2ccccc2)C1C(=O)O. The summed E-state index contributed by atoms with van der Waals surface area (Å²) in [6, 6.07) is 7.28. The second kappa shape index (κ2) is 7.10. The van der Waals surface area contributed by atoms with Gasteiger partial charge in [0.1, 0.15) is 6.04 Å². The maximum absolute atomic E-state index is 11.7. The molecule has 0 bridgehead atoms. The predicted octanol–water partition coefficient (Wildman–Crippen LogP) is 0.557. The summed E-state index contributed by atoms with van der Waals surface area (Å²) in [6.07, 6.45) is 0.366. The fraction of sp³-hybridized carbons (Fsp3) is 0.400. The fourth-order valence-electron chi connectivity index (χ4n) is 2.82. The van der Waals surface area contributed by atoms with E-state index in [1.807, 2.05) is 6.07 Å². The molecule has 23 heavy (non-hydrogen) atoms. The van der Waals surface area contributed by atoms with Crippen molar-refractivity contribution in [3.8, 4) is 0 Å². The Morgan fingerprint density at radius 1 is 1.17 bits per heavy atom. The van der Waals surface area contributed by atoms with Gasteiger partial charge in [-0.05, 0) is 24.5 Å². The van der Waals surface area contributed by atoms with Gasteiger partial charge in [0.25, 0.3) is 0 Å². The van der Waals surface area contributed by atoms with Crippen molar-refractivity contribution < 1.29 is 24.6 Å². The maximum Gasteiger partial charge on any atom is 0.320 e. The van der Waals surface area contributed by atoms with Gasteiger partial charge in [-0.25, -0.2) is 4.79 Å². The lowest BCUT2D eigenvalue weighted by Crippen LogP contribution is -2.34. The third-order valence-corrected chi connectivity index (χ3v) is 4.01. The van der Waals surface area contributed by atoms with E-state index in [2.05, 4.69) is 10.6 Å². The highest BCUT2D eigenvalue weighted by Gasteiger charge is 2.58. The number of anilines is 1. The summed E-state index contributed by atoms with van der Waals surface area (Å²) in [5.41, 5.74) is 6.16. The largest absolute Gasteiger partial charge is 0.481 e. The van der Waals surface area contributed by atoms with Crippen molar-refractivity contribution >= 4 is 23.7 Å². The Bertz CT molecular complexity index is 592. The molecule has 8 nitrogen and oxygen atoms in total. The Hall–Kier alpha value is -2.61. The molecule has 2 rings (SSSR count). The Kier molecular flexibility index (Phi) is 5.17. The van der Waals surface area contributed by atoms with Crippen molar-refractivity contribution in [2.45, 2.75) is 12.5 Å². The summed E-state index contributed by atoms with van der Waals surface area (Å²) in [5, 5.41) is 23.2. The molecule has 1 aliphatic rings. The molecule has 0 aromatic heterocycles. The van der Waals surface area contributed by atoms with E-state index in [-0.39, 0.29) is 12.5 Å². The van der Waals surface area contributed by atoms with Gasteiger partial charge in [-0.15, -0.1) is 0 Å². The van der Waals surface area contributed by atoms with Crippen LogP contribution in [0.2, 0.25) is 0 Å². The predicted molar refractivity (Wildman–Crippen MR) is 81.8 cm³/mol. The molecule has 0 saturated heterocycles. The van der Waals surface area contributed by atoms with Gasteiger partial charge in [-0.2, -0.15) is 0 Å². The molecule has 1 aliphatic carbocycles. The highest BCUT2D eigenvalue weighted by Crippen LogP contribution is 2.50. The summed E-state index contributed by atoms with van der Waals surface area (Å²) < 4.78 is 0. The number of urea groups is 1. The number of carboxylic acids is 2. The quantitative estimate of drug-likeness (QED) is 0.496. The number of amides is 2. The first-order valence-corrected chi connectivity index (χ1v) is 7.23. The smallest absolute Gasteiger partial charge is 0.320 e. The molecule has 1 saturated carbocycles. The van der Waals surface area contributed by atoms with Crippen LogP contribution in [0.15, 0.2) is 30.3 Å². The number of carboxylic acid groups (broad SMARTS) is 2. The van der Waals surface area contributed by atoms with E-state index in [0.717, 1.165) is 0 Å². The number of aliphatic carboxylic acids is 2. The number of hydrogen-bond acceptors (Lipinski definition) is 4. The molecule has 2 amide bonds. The first-order chi connectivity index (χ1) is 10.9. The number of hydrogen-bond donors (Lipinski definition) is 5. The van der Waals surface area contributed by atoms with E-state index < -0.39 is 35.8 Å². The van der Waals surface area contributed by atoms with Crippen molar-refractivity contribution in [1.29, 1.82) is 0 Å². The Morgan fingerprint density at radius 3 is 2.39 bits per heavy atom. The van der Waals surface area contributed by atoms with Crippen LogP contribution in [0.5, 0.6) is 0 Å². The molecule has 1 aromatic carbocycles. The number of nitrogens with one attached hydrogen (secondary N) is 2. The second-order valence-electron chi connectivity index (χ2n) is 5.50. The monoisotopic (exact) mass is 321 g/mol. The van der Waals surface area contributed by atoms with E-state index in [1.165, 1.54) is 0 Å². The molecular formula is C15H19N3O5. The van der Waals surface area contributed by atoms with Crippen LogP contribution >= 0.6 is 0 Å². The van der Waals surface area contributed by atoms with Crippen molar-refractivity contribution in [2.75, 3.05) is 11.9 Å². The zero-order valence-corrected chi connectivity index (χ0v) is 12.3. The number of carbonyl (C=O) groups is 3. The van der Waals surface area contributed by atoms with Gasteiger partial charge in [-0.1, -0.05) is 18.2 Å². The topological polar surface area (TPSA) is 142 Å². The first kappa shape index (κ1) is 16.8. The van der Waals surface area contributed by atoms with Gasteiger partial charge >= 0.3 is 18.0 Å². The van der Waals surface area contributed by atoms with Crippen LogP contribution in [0.1, 0.15) is 6.42 Å². The van der Waals surface area contributed by atoms with Gasteiger partial charge in [0.2, 0.25) is 0 Å². The summed E-state index contributed by atoms with van der Waals surface area (Å²) in [7, 11) is 0. The lowest BCUT2D eigenvalue weighted by Gasteiger charge is -2.08. The minimum atomic E-state index is -1.21. The molecular weight excluding hydrogens is 302 g/mol. The van der Waals surface area contributed by atoms with Crippen LogP contribution in [0, 0.1) is 17.8 Å². The van der Waals surface area contributed by atoms with Crippen molar-refractivity contribution in [3.63, 3.8) is 0 Å². The molecule has 0 heterocycles. The van der Waals surface area contributed by atoms with E-state index in [0.29, 0.717) is 12.1 Å². The van der Waals surface area contributed by atoms with Crippen LogP contribution in [-0.4, -0.2) is 40.8 Å². The van der Waals surface area contributed by atoms with Crippen LogP contribution in [0.25, 0.3) is 0 Å². The third kappa shape index (κ3) is 4.19. The molecule has 6 N–H and O–H groups in total. The molecule has 8 heteroatoms. The number of rotatable bonds is 7. The Balaban J connectivity index is 1.78. The van der Waals surface area contributed by atoms with E-state index in [1.54, 1.807) is 24.3 Å². The highest BCUT2D eigenvalue weighted by atomic mass is 16.4. The third-order valence-electron chi connectivity index (χ3n) is 4.01. The average Bonchev–Trinajstić information content (AvgIpc) is 3.21. The van der Waals surface area contributed by atoms with E-state index in [9.17, 15) is 14.4 Å². The molecule has 0 radical (unpaired) electrons. The lowest BCUT2D eigenvalue weighted by molar-refractivity contribution is -0.140. The molecule has 4 unspecified atom stereocenters. The van der Waals surface area contributed by atoms with Crippen LogP contribution < -0.4 is 16.4 Å². The van der Waals surface area contributed by atoms with E-state index in [4.69, 9.17) is 15.9 Å². The summed E-state index contributed by atoms with van der Waals surface area (Å²) in [6.45, 7) is 0.246. The van der Waals surface area contributed by atoms with Crippen LogP contribution in [0.4, 0.5) is 10.5 Å². The van der Waals surface area contributed by atoms with Gasteiger partial charge in [0, 0.05) is 18.2 Å². The number of carbonyl (C=O) groups excluding carboxylic acids is 1. The first-order valence-electron chi connectivity index (χ1n) is 7.23. The Morgan fingerprint density at radius 2 is 1.83 bits per heavy atom. The van der Waals surface area contributed by atoms with Gasteiger partial charge in [-0.3, -0.25) is 9.59 Å². The zero-order chi connectivity index (χ0) is 17.0. The van der Waals surface area contributed by atoms with Crippen LogP contribution in [-0.2, 0) is 9.59 Å². The number of nitrogens with two attached hydrogens (primary N) is 1. The summed E-state index contributed by atoms with van der Waals surface area (Å²) in [4.78, 5) is 33.7. The minimum absolute atomic E-state index is 0.246. The standard InChI is InChI=1S/C15H19N3O5/c16-12(14(21)22)10-9(11(10)13(19)20)6-7-17-15(23)18-8-4-2-1-3-5-8/h1-5,9-12H,6-7,16H2,(H,19,20)(H,21,22)(H2,17,18,23). The van der Waals surface area contributed by atoms with Gasteiger partial charge in [0.15, 0.2) is 0 Å². The molecule has 0 aliphatic heterocycles. The molecule has 1 aromatic rings. The van der Waals surface area contributed by atoms with Gasteiger partial charge in [0.05, 0.1) is 5.92 Å². The number of para-hydroxylation sites is 1. The molecule has 1 fully saturated rings. The summed E-state index contributed by atoms with van der Waals surface area (Å²) >= 11 is 0. The highest BCUT2D eigenvalue weighted by molar-refractivity contribution is 5.89. The average molecular weight is 321 g/mol. The second-order valence-corrected chi connectivity index (χ2v) is 5.50. The molecule has 4 atom stereocenters. The summed E-state index contributed by atoms with van der Waals surface area (Å²) in [5.74, 6) is -3.95. The minimum Gasteiger partial charge on any atom is -0.481 e. The zero-order valence-electron chi connectivity index (χ0n) is 12.3. The fourth-order valence-corrected chi connectivity index (χ4v) is 2.82. The molecule has 0 spiro atoms. The van der Waals surface area contributed by atoms with Gasteiger partial charge < -0.3 is 26.6 Å². The van der Waals surface area contributed by atoms with Crippen LogP contribution in [0.3, 0.4) is 0 Å². The van der Waals surface area contributed by atoms with E-state index >= 15 is 0 Å². The van der Waals surface area contributed by atoms with Crippen molar-refractivity contribution in [1.82, 2.24) is 5.32 Å². The Labute approximate surface area is 132 Å². The number of benzene rings is 1.